The third kappa shape index (κ3) is 89.5. The van der Waals surface area contributed by atoms with Gasteiger partial charge in [0, 0.05) is 0 Å². The van der Waals surface area contributed by atoms with Gasteiger partial charge in [0.1, 0.15) is 0 Å². The second kappa shape index (κ2) is 52.2. The molecule has 0 N–H and O–H groups in total. The van der Waals surface area contributed by atoms with E-state index >= 15 is 0 Å². The molecule has 0 atom stereocenters. The van der Waals surface area contributed by atoms with Gasteiger partial charge in [-0.25, -0.2) is 0 Å². The van der Waals surface area contributed by atoms with Gasteiger partial charge < -0.3 is 139 Å². The van der Waals surface area contributed by atoms with Crippen molar-refractivity contribution in [1.82, 2.24) is 0 Å². The van der Waals surface area contributed by atoms with Gasteiger partial charge in [0.15, 0.2) is 0 Å². The SMILES string of the molecule is CC(C)OP(=S)([S-])OC(C)C.CC(C)OP(=S)([S-])OC(C)C.CC(C)OP(=S)([S-])OC(C)C.CC(C)OP(=S)([S-])OC(C)C.[O]=[Mo+4].[O]=[Mo+4].[O]=[Mo+4].[S-2].[S-2].[S-2].[S-2]. The molecule has 0 aliphatic carbocycles. The summed E-state index contributed by atoms with van der Waals surface area (Å²) in [4.78, 5) is 0. The molecule has 0 aromatic carbocycles. The molecule has 0 heterocycles. The molecule has 0 spiro atoms. The molecule has 0 bridgehead atoms. The standard InChI is InChI=1S/4C6H15O2PS2.3Mo.3O.4S/c4*1-5(2)7-9(10,11)8-6(3)4;;;;;;;;;;/h4*5-6H,1-4H3,(H,10,11);;;;;;;;;;/q;;;;3*+4;;;;4*-2/p-4. The van der Waals surface area contributed by atoms with E-state index in [4.69, 9.17) is 143 Å². The van der Waals surface area contributed by atoms with Gasteiger partial charge in [0.2, 0.25) is 0 Å². The Bertz CT molecular complexity index is 796. The van der Waals surface area contributed by atoms with Crippen molar-refractivity contribution in [1.29, 1.82) is 0 Å². The molecular weight excluding hydrogens is 1260 g/mol. The molecule has 0 aliphatic rings. The Hall–Kier alpha value is 6.54. The first-order valence-electron chi connectivity index (χ1n) is 14.5. The van der Waals surface area contributed by atoms with Crippen LogP contribution in [0.4, 0.5) is 0 Å². The third-order valence-corrected chi connectivity index (χ3v) is 12.3. The molecule has 30 heteroatoms. The molecule has 0 saturated carbocycles. The molecule has 11 nitrogen and oxygen atoms in total. The summed E-state index contributed by atoms with van der Waals surface area (Å²) in [6, 6.07) is 0. The van der Waals surface area contributed by atoms with Gasteiger partial charge in [-0.3, -0.25) is 0 Å². The first-order valence-corrected chi connectivity index (χ1v) is 31.6. The van der Waals surface area contributed by atoms with Gasteiger partial charge in [0.25, 0.3) is 0 Å². The average molecular weight is 1320 g/mol. The monoisotopic (exact) mass is 1320 g/mol. The summed E-state index contributed by atoms with van der Waals surface area (Å²) in [5.41, 5.74) is -9.55. The molecule has 0 unspecified atom stereocenters. The molecule has 328 valence electrons. The van der Waals surface area contributed by atoms with Crippen LogP contribution < -0.4 is 0 Å². The number of hydrogen-bond acceptors (Lipinski definition) is 19. The zero-order valence-corrected chi connectivity index (χ0v) is 52.4. The van der Waals surface area contributed by atoms with E-state index < -0.39 is 22.8 Å². The van der Waals surface area contributed by atoms with E-state index in [0.717, 1.165) is 0 Å². The summed E-state index contributed by atoms with van der Waals surface area (Å²) in [6.45, 7) is 30.4. The van der Waals surface area contributed by atoms with Crippen LogP contribution >= 0.6 is 22.8 Å². The zero-order chi connectivity index (χ0) is 42.3. The van der Waals surface area contributed by atoms with Gasteiger partial charge in [-0.15, -0.1) is 0 Å². The van der Waals surface area contributed by atoms with Crippen LogP contribution in [-0.4, -0.2) is 48.8 Å². The fraction of sp³-hybridized carbons (Fsp3) is 1.00. The van der Waals surface area contributed by atoms with E-state index in [1.54, 1.807) is 0 Å². The topological polar surface area (TPSA) is 125 Å². The average Bonchev–Trinajstić information content (AvgIpc) is 2.82. The van der Waals surface area contributed by atoms with Crippen molar-refractivity contribution in [3.63, 3.8) is 0 Å². The molecule has 0 saturated heterocycles. The van der Waals surface area contributed by atoms with Crippen molar-refractivity contribution in [2.45, 2.75) is 160 Å². The maximum Gasteiger partial charge on any atom is -2.00 e. The quantitative estimate of drug-likeness (QED) is 0.0826. The fourth-order valence-corrected chi connectivity index (χ4v) is 14.8. The molecular formula is C24H56Mo3O11P4S12. The van der Waals surface area contributed by atoms with Crippen LogP contribution in [0.25, 0.3) is 0 Å². The third-order valence-electron chi connectivity index (χ3n) is 2.72. The van der Waals surface area contributed by atoms with E-state index in [2.05, 4.69) is 0 Å². The van der Waals surface area contributed by atoms with Crippen molar-refractivity contribution in [2.24, 2.45) is 0 Å². The summed E-state index contributed by atoms with van der Waals surface area (Å²) >= 11 is 41.9. The minimum absolute atomic E-state index is 0. The van der Waals surface area contributed by atoms with E-state index in [-0.39, 0.29) is 103 Å². The van der Waals surface area contributed by atoms with Crippen molar-refractivity contribution in [2.75, 3.05) is 0 Å². The molecule has 54 heavy (non-hydrogen) atoms. The second-order valence-electron chi connectivity index (χ2n) is 11.0. The van der Waals surface area contributed by atoms with E-state index in [9.17, 15) is 0 Å². The Labute approximate surface area is 432 Å². The van der Waals surface area contributed by atoms with Gasteiger partial charge in [-0.05, 0) is 111 Å². The van der Waals surface area contributed by atoms with Crippen molar-refractivity contribution < 1.29 is 106 Å². The minimum atomic E-state index is -2.39. The Morgan fingerprint density at radius 3 is 0.389 bits per heavy atom. The van der Waals surface area contributed by atoms with Crippen LogP contribution in [0.15, 0.2) is 0 Å². The minimum Gasteiger partial charge on any atom is -2.00 e. The Kier molecular flexibility index (Phi) is 84.5. The van der Waals surface area contributed by atoms with Gasteiger partial charge in [-0.2, -0.15) is 0 Å². The Morgan fingerprint density at radius 2 is 0.352 bits per heavy atom. The van der Waals surface area contributed by atoms with E-state index in [1.165, 1.54) is 0 Å². The van der Waals surface area contributed by atoms with Crippen LogP contribution in [0.1, 0.15) is 111 Å². The molecule has 0 radical (unpaired) electrons. The van der Waals surface area contributed by atoms with Crippen LogP contribution in [0.2, 0.25) is 0 Å². The zero-order valence-electron chi connectivity index (χ0n) is 33.0. The molecule has 0 amide bonds. The normalized spacial score (nSPS) is 10.9. The maximum absolute atomic E-state index is 8.26. The predicted octanol–water partition coefficient (Wildman–Crippen LogP) is 10.1. The smallest absolute Gasteiger partial charge is 2.00 e. The van der Waals surface area contributed by atoms with Crippen LogP contribution in [0.3, 0.4) is 0 Å². The van der Waals surface area contributed by atoms with Gasteiger partial charge in [0.05, 0.1) is 71.6 Å². The predicted molar refractivity (Wildman–Crippen MR) is 248 cm³/mol. The summed E-state index contributed by atoms with van der Waals surface area (Å²) in [5, 5.41) is 0. The van der Waals surface area contributed by atoms with Gasteiger partial charge >= 0.3 is 69.5 Å². The largest absolute Gasteiger partial charge is 2.00 e. The molecule has 0 aromatic rings. The Balaban J connectivity index is -0.0000000472. The molecule has 0 aliphatic heterocycles. The molecule has 0 aromatic heterocycles. The number of hydrogen-bond donors (Lipinski definition) is 0. The van der Waals surface area contributed by atoms with Crippen molar-refractivity contribution in [3.05, 3.63) is 0 Å². The van der Waals surface area contributed by atoms with E-state index in [1.807, 2.05) is 111 Å². The number of rotatable bonds is 16. The summed E-state index contributed by atoms with van der Waals surface area (Å²) in [7, 11) is 0. The van der Waals surface area contributed by atoms with E-state index in [0.29, 0.717) is 59.3 Å². The summed E-state index contributed by atoms with van der Waals surface area (Å²) in [5.74, 6) is 0. The maximum atomic E-state index is 8.26. The van der Waals surface area contributed by atoms with Crippen molar-refractivity contribution in [3.8, 4) is 0 Å². The molecule has 0 fully saturated rings. The summed E-state index contributed by atoms with van der Waals surface area (Å²) < 4.78 is 66.9. The summed E-state index contributed by atoms with van der Waals surface area (Å²) in [6.07, 6.45) is 0.423. The van der Waals surface area contributed by atoms with Crippen LogP contribution in [0.5, 0.6) is 0 Å². The van der Waals surface area contributed by atoms with Crippen LogP contribution in [0, 0.1) is 0 Å². The van der Waals surface area contributed by atoms with Gasteiger partial charge in [-0.1, -0.05) is 47.2 Å². The first-order chi connectivity index (χ1) is 22.3. The van der Waals surface area contributed by atoms with Crippen molar-refractivity contribution >= 4 is 173 Å². The first kappa shape index (κ1) is 87.5. The van der Waals surface area contributed by atoms with Crippen LogP contribution in [-0.2, 0) is 256 Å². The molecule has 0 rings (SSSR count). The Morgan fingerprint density at radius 1 is 0.296 bits per heavy atom. The fourth-order valence-electron chi connectivity index (χ4n) is 2.16. The second-order valence-corrected chi connectivity index (χ2v) is 30.6.